The molecular weight excluding hydrogens is 851 g/mol. The van der Waals surface area contributed by atoms with Crippen molar-refractivity contribution in [2.24, 2.45) is 0 Å². The predicted molar refractivity (Wildman–Crippen MR) is 301 cm³/mol. The molecule has 69 heavy (non-hydrogen) atoms. The topological polar surface area (TPSA) is 95.9 Å². The summed E-state index contributed by atoms with van der Waals surface area (Å²) in [6.07, 6.45) is 70.8. The van der Waals surface area contributed by atoms with E-state index in [2.05, 4.69) is 31.3 Å². The minimum Gasteiger partial charge on any atom is -0.466 e. The van der Waals surface area contributed by atoms with Crippen LogP contribution < -0.4 is 5.32 Å². The van der Waals surface area contributed by atoms with Crippen LogP contribution in [0.15, 0.2) is 12.2 Å². The third kappa shape index (κ3) is 55.8. The number of nitrogens with one attached hydrogen (secondary N) is 1. The van der Waals surface area contributed by atoms with Crippen LogP contribution in [0.3, 0.4) is 0 Å². The van der Waals surface area contributed by atoms with Crippen LogP contribution in [0.25, 0.3) is 0 Å². The van der Waals surface area contributed by atoms with Gasteiger partial charge in [0.1, 0.15) is 0 Å². The van der Waals surface area contributed by atoms with Gasteiger partial charge in [-0.05, 0) is 51.4 Å². The van der Waals surface area contributed by atoms with Gasteiger partial charge >= 0.3 is 5.97 Å². The average Bonchev–Trinajstić information content (AvgIpc) is 3.35. The molecule has 0 radical (unpaired) electrons. The summed E-state index contributed by atoms with van der Waals surface area (Å²) in [7, 11) is 0. The van der Waals surface area contributed by atoms with E-state index in [1.807, 2.05) is 0 Å². The van der Waals surface area contributed by atoms with Gasteiger partial charge in [0.25, 0.3) is 0 Å². The summed E-state index contributed by atoms with van der Waals surface area (Å²) in [6.45, 7) is 4.97. The zero-order valence-corrected chi connectivity index (χ0v) is 46.8. The number of ether oxygens (including phenoxy) is 1. The molecule has 2 unspecified atom stereocenters. The molecule has 0 aromatic heterocycles. The molecule has 0 heterocycles. The molecule has 0 aromatic rings. The molecular formula is C63H123NO5. The van der Waals surface area contributed by atoms with Crippen LogP contribution in [0, 0.1) is 0 Å². The second-order valence-electron chi connectivity index (χ2n) is 21.7. The molecule has 0 saturated carbocycles. The first-order chi connectivity index (χ1) is 34.0. The normalized spacial score (nSPS) is 12.6. The van der Waals surface area contributed by atoms with Crippen molar-refractivity contribution in [3.63, 3.8) is 0 Å². The highest BCUT2D eigenvalue weighted by atomic mass is 16.5. The van der Waals surface area contributed by atoms with Crippen molar-refractivity contribution in [2.45, 2.75) is 366 Å². The first-order valence-electron chi connectivity index (χ1n) is 31.4. The van der Waals surface area contributed by atoms with Crippen LogP contribution in [0.5, 0.6) is 0 Å². The first kappa shape index (κ1) is 67.6. The van der Waals surface area contributed by atoms with Crippen molar-refractivity contribution in [1.29, 1.82) is 0 Å². The van der Waals surface area contributed by atoms with Crippen molar-refractivity contribution >= 4 is 11.9 Å². The maximum absolute atomic E-state index is 12.5. The molecule has 0 rings (SSSR count). The number of carbonyl (C=O) groups is 2. The molecule has 0 bridgehead atoms. The fourth-order valence-corrected chi connectivity index (χ4v) is 9.99. The fraction of sp³-hybridized carbons (Fsp3) is 0.937. The molecule has 0 fully saturated rings. The Labute approximate surface area is 431 Å². The number of hydrogen-bond donors (Lipinski definition) is 3. The van der Waals surface area contributed by atoms with Crippen molar-refractivity contribution < 1.29 is 24.5 Å². The van der Waals surface area contributed by atoms with E-state index in [9.17, 15) is 19.8 Å². The zero-order valence-electron chi connectivity index (χ0n) is 46.8. The van der Waals surface area contributed by atoms with Gasteiger partial charge in [-0.3, -0.25) is 9.59 Å². The van der Waals surface area contributed by atoms with Gasteiger partial charge in [-0.2, -0.15) is 0 Å². The summed E-state index contributed by atoms with van der Waals surface area (Å²) in [4.78, 5) is 24.6. The summed E-state index contributed by atoms with van der Waals surface area (Å²) in [5.74, 6) is -0.0382. The van der Waals surface area contributed by atoms with Crippen molar-refractivity contribution in [3.8, 4) is 0 Å². The van der Waals surface area contributed by atoms with Crippen LogP contribution in [0.2, 0.25) is 0 Å². The van der Waals surface area contributed by atoms with E-state index >= 15 is 0 Å². The summed E-state index contributed by atoms with van der Waals surface area (Å²) >= 11 is 0. The van der Waals surface area contributed by atoms with E-state index in [1.165, 1.54) is 270 Å². The predicted octanol–water partition coefficient (Wildman–Crippen LogP) is 19.6. The van der Waals surface area contributed by atoms with E-state index in [1.54, 1.807) is 0 Å². The van der Waals surface area contributed by atoms with Crippen molar-refractivity contribution in [1.82, 2.24) is 5.32 Å². The van der Waals surface area contributed by atoms with Gasteiger partial charge in [-0.15, -0.1) is 0 Å². The second-order valence-corrected chi connectivity index (χ2v) is 21.7. The Hall–Kier alpha value is -1.40. The Kier molecular flexibility index (Phi) is 58.0. The van der Waals surface area contributed by atoms with E-state index in [0.717, 1.165) is 51.4 Å². The SMILES string of the molecule is CCCCCCCCCCCCCCCCCCCCCC(=O)OCCCCCCCCCCC/C=C\CCCCCCCC(=O)NC(CO)C(O)CCCCCCCCCCCCCCCCC. The number of rotatable bonds is 59. The Morgan fingerprint density at radius 1 is 0.391 bits per heavy atom. The summed E-state index contributed by atoms with van der Waals surface area (Å²) in [5, 5.41) is 23.3. The van der Waals surface area contributed by atoms with Crippen LogP contribution in [0.1, 0.15) is 354 Å². The Balaban J connectivity index is 3.41. The van der Waals surface area contributed by atoms with E-state index in [0.29, 0.717) is 25.9 Å². The lowest BCUT2D eigenvalue weighted by molar-refractivity contribution is -0.143. The summed E-state index contributed by atoms with van der Waals surface area (Å²) in [6, 6.07) is -0.551. The minimum absolute atomic E-state index is 0.00856. The first-order valence-corrected chi connectivity index (χ1v) is 31.4. The molecule has 6 heteroatoms. The molecule has 1 amide bonds. The maximum atomic E-state index is 12.5. The van der Waals surface area contributed by atoms with E-state index in [4.69, 9.17) is 4.74 Å². The quantitative estimate of drug-likeness (QED) is 0.0321. The van der Waals surface area contributed by atoms with Gasteiger partial charge < -0.3 is 20.3 Å². The molecule has 3 N–H and O–H groups in total. The monoisotopic (exact) mass is 974 g/mol. The lowest BCUT2D eigenvalue weighted by Crippen LogP contribution is -2.45. The molecule has 2 atom stereocenters. The molecule has 0 aromatic carbocycles. The van der Waals surface area contributed by atoms with Crippen LogP contribution in [-0.2, 0) is 14.3 Å². The zero-order chi connectivity index (χ0) is 50.0. The Bertz CT molecular complexity index is 1030. The molecule has 0 aliphatic carbocycles. The summed E-state index contributed by atoms with van der Waals surface area (Å²) < 4.78 is 5.50. The van der Waals surface area contributed by atoms with Crippen molar-refractivity contribution in [3.05, 3.63) is 12.2 Å². The molecule has 0 spiro atoms. The number of amides is 1. The second kappa shape index (κ2) is 59.2. The number of unbranched alkanes of at least 4 members (excludes halogenated alkanes) is 46. The van der Waals surface area contributed by atoms with E-state index < -0.39 is 12.1 Å². The van der Waals surface area contributed by atoms with Crippen LogP contribution in [0.4, 0.5) is 0 Å². The largest absolute Gasteiger partial charge is 0.466 e. The minimum atomic E-state index is -0.672. The van der Waals surface area contributed by atoms with Crippen LogP contribution in [-0.4, -0.2) is 47.4 Å². The standard InChI is InChI=1S/C63H123NO5/c1-3-5-7-9-11-13-15-17-19-20-21-25-29-33-37-41-45-49-53-57-63(68)69-58-54-50-46-42-38-34-30-26-23-22-24-28-32-36-40-44-48-52-56-62(67)64-60(59-65)61(66)55-51-47-43-39-35-31-27-18-16-14-12-10-8-6-4-2/h24,28,60-61,65-66H,3-23,25-27,29-59H2,1-2H3,(H,64,67)/b28-24-. The number of aliphatic hydroxyl groups is 2. The summed E-state index contributed by atoms with van der Waals surface area (Å²) in [5.41, 5.74) is 0. The van der Waals surface area contributed by atoms with Gasteiger partial charge in [0.05, 0.1) is 25.4 Å². The highest BCUT2D eigenvalue weighted by Gasteiger charge is 2.20. The number of aliphatic hydroxyl groups excluding tert-OH is 2. The smallest absolute Gasteiger partial charge is 0.305 e. The number of esters is 1. The maximum Gasteiger partial charge on any atom is 0.305 e. The van der Waals surface area contributed by atoms with Crippen LogP contribution >= 0.6 is 0 Å². The van der Waals surface area contributed by atoms with Gasteiger partial charge in [-0.1, -0.05) is 302 Å². The third-order valence-electron chi connectivity index (χ3n) is 14.8. The van der Waals surface area contributed by atoms with E-state index in [-0.39, 0.29) is 18.5 Å². The van der Waals surface area contributed by atoms with Gasteiger partial charge in [0.2, 0.25) is 5.91 Å². The molecule has 0 aliphatic rings. The van der Waals surface area contributed by atoms with Gasteiger partial charge in [0.15, 0.2) is 0 Å². The highest BCUT2D eigenvalue weighted by Crippen LogP contribution is 2.18. The number of carbonyl (C=O) groups excluding carboxylic acids is 2. The van der Waals surface area contributed by atoms with Gasteiger partial charge in [-0.25, -0.2) is 0 Å². The van der Waals surface area contributed by atoms with Gasteiger partial charge in [0, 0.05) is 12.8 Å². The number of hydrogen-bond acceptors (Lipinski definition) is 5. The van der Waals surface area contributed by atoms with Crippen molar-refractivity contribution in [2.75, 3.05) is 13.2 Å². The fourth-order valence-electron chi connectivity index (χ4n) is 9.99. The Morgan fingerprint density at radius 2 is 0.681 bits per heavy atom. The highest BCUT2D eigenvalue weighted by molar-refractivity contribution is 5.76. The third-order valence-corrected chi connectivity index (χ3v) is 14.8. The number of allylic oxidation sites excluding steroid dienone is 2. The molecule has 410 valence electrons. The molecule has 6 nitrogen and oxygen atoms in total. The average molecular weight is 975 g/mol. The molecule has 0 aliphatic heterocycles. The lowest BCUT2D eigenvalue weighted by Gasteiger charge is -2.22. The lowest BCUT2D eigenvalue weighted by atomic mass is 10.0. The molecule has 0 saturated heterocycles. The Morgan fingerprint density at radius 3 is 1.03 bits per heavy atom.